The van der Waals surface area contributed by atoms with E-state index in [-0.39, 0.29) is 11.6 Å². The summed E-state index contributed by atoms with van der Waals surface area (Å²) in [5.74, 6) is 0.123. The number of benzene rings is 1. The van der Waals surface area contributed by atoms with Crippen LogP contribution in [0.15, 0.2) is 36.9 Å². The Morgan fingerprint density at radius 3 is 2.82 bits per heavy atom. The topological polar surface area (TPSA) is 94.1 Å². The standard InChI is InChI=1S/C15H18N4O3/c20-15(9-18-11-16-10-17-18)7-1-2-13(15)8-12-3-5-14(6-4-12)19(21)22/h3-6,10-11,13,20H,1-2,7-9H2. The Bertz CT molecular complexity index is 641. The molecule has 22 heavy (non-hydrogen) atoms. The molecule has 0 aliphatic heterocycles. The van der Waals surface area contributed by atoms with Gasteiger partial charge in [-0.15, -0.1) is 0 Å². The highest BCUT2D eigenvalue weighted by atomic mass is 16.6. The molecule has 0 bridgehead atoms. The van der Waals surface area contributed by atoms with Crippen molar-refractivity contribution in [3.63, 3.8) is 0 Å². The van der Waals surface area contributed by atoms with Gasteiger partial charge in [-0.3, -0.25) is 14.8 Å². The Labute approximate surface area is 127 Å². The second-order valence-electron chi connectivity index (χ2n) is 5.91. The van der Waals surface area contributed by atoms with Crippen LogP contribution in [0.4, 0.5) is 5.69 Å². The van der Waals surface area contributed by atoms with Crippen LogP contribution in [0.1, 0.15) is 24.8 Å². The second-order valence-corrected chi connectivity index (χ2v) is 5.91. The summed E-state index contributed by atoms with van der Waals surface area (Å²) in [7, 11) is 0. The zero-order chi connectivity index (χ0) is 15.6. The molecule has 2 atom stereocenters. The predicted octanol–water partition coefficient (Wildman–Crippen LogP) is 1.96. The molecule has 1 aromatic carbocycles. The Kier molecular flexibility index (Phi) is 3.89. The molecule has 0 radical (unpaired) electrons. The second kappa shape index (κ2) is 5.84. The zero-order valence-corrected chi connectivity index (χ0v) is 12.1. The molecular weight excluding hydrogens is 284 g/mol. The molecule has 3 rings (SSSR count). The first-order valence-electron chi connectivity index (χ1n) is 7.35. The Hall–Kier alpha value is -2.28. The summed E-state index contributed by atoms with van der Waals surface area (Å²) in [4.78, 5) is 14.2. The maximum absolute atomic E-state index is 10.9. The molecule has 1 aromatic heterocycles. The highest BCUT2D eigenvalue weighted by Crippen LogP contribution is 2.39. The van der Waals surface area contributed by atoms with Crippen molar-refractivity contribution in [3.05, 3.63) is 52.6 Å². The maximum atomic E-state index is 10.9. The summed E-state index contributed by atoms with van der Waals surface area (Å²) >= 11 is 0. The molecule has 2 unspecified atom stereocenters. The molecule has 0 spiro atoms. The number of hydrogen-bond donors (Lipinski definition) is 1. The van der Waals surface area contributed by atoms with E-state index < -0.39 is 10.5 Å². The summed E-state index contributed by atoms with van der Waals surface area (Å²) in [6.07, 6.45) is 6.45. The van der Waals surface area contributed by atoms with Crippen molar-refractivity contribution in [1.82, 2.24) is 14.8 Å². The Morgan fingerprint density at radius 1 is 1.41 bits per heavy atom. The molecule has 7 heteroatoms. The number of nitro groups is 1. The van der Waals surface area contributed by atoms with E-state index in [9.17, 15) is 15.2 Å². The first-order valence-corrected chi connectivity index (χ1v) is 7.35. The molecule has 2 aromatic rings. The molecule has 1 saturated carbocycles. The molecule has 1 aliphatic carbocycles. The van der Waals surface area contributed by atoms with Gasteiger partial charge in [-0.2, -0.15) is 5.10 Å². The van der Waals surface area contributed by atoms with Gasteiger partial charge in [0, 0.05) is 12.1 Å². The smallest absolute Gasteiger partial charge is 0.269 e. The van der Waals surface area contributed by atoms with Crippen LogP contribution >= 0.6 is 0 Å². The maximum Gasteiger partial charge on any atom is 0.269 e. The van der Waals surface area contributed by atoms with Crippen LogP contribution < -0.4 is 0 Å². The SMILES string of the molecule is O=[N+]([O-])c1ccc(CC2CCCC2(O)Cn2cncn2)cc1. The number of rotatable bonds is 5. The third kappa shape index (κ3) is 2.99. The van der Waals surface area contributed by atoms with E-state index in [0.29, 0.717) is 13.0 Å². The van der Waals surface area contributed by atoms with Crippen LogP contribution in [0.5, 0.6) is 0 Å². The molecule has 0 amide bonds. The van der Waals surface area contributed by atoms with E-state index >= 15 is 0 Å². The Morgan fingerprint density at radius 2 is 2.18 bits per heavy atom. The molecule has 1 heterocycles. The Balaban J connectivity index is 1.71. The lowest BCUT2D eigenvalue weighted by molar-refractivity contribution is -0.384. The normalized spacial score (nSPS) is 24.5. The van der Waals surface area contributed by atoms with E-state index in [1.54, 1.807) is 23.1 Å². The van der Waals surface area contributed by atoms with E-state index in [0.717, 1.165) is 24.8 Å². The quantitative estimate of drug-likeness (QED) is 0.673. The van der Waals surface area contributed by atoms with Crippen LogP contribution in [0.25, 0.3) is 0 Å². The van der Waals surface area contributed by atoms with Crippen molar-refractivity contribution in [1.29, 1.82) is 0 Å². The first kappa shape index (κ1) is 14.6. The first-order chi connectivity index (χ1) is 10.6. The lowest BCUT2D eigenvalue weighted by Gasteiger charge is -2.30. The number of aromatic nitrogens is 3. The van der Waals surface area contributed by atoms with Crippen LogP contribution in [-0.2, 0) is 13.0 Å². The van der Waals surface area contributed by atoms with Crippen LogP contribution in [-0.4, -0.2) is 30.4 Å². The summed E-state index contributed by atoms with van der Waals surface area (Å²) < 4.78 is 1.66. The third-order valence-corrected chi connectivity index (χ3v) is 4.45. The van der Waals surface area contributed by atoms with Gasteiger partial charge in [-0.25, -0.2) is 4.98 Å². The summed E-state index contributed by atoms with van der Waals surface area (Å²) in [5.41, 5.74) is 0.303. The van der Waals surface area contributed by atoms with Crippen molar-refractivity contribution in [3.8, 4) is 0 Å². The third-order valence-electron chi connectivity index (χ3n) is 4.45. The predicted molar refractivity (Wildman–Crippen MR) is 79.1 cm³/mol. The lowest BCUT2D eigenvalue weighted by atomic mass is 9.85. The van der Waals surface area contributed by atoms with Gasteiger partial charge in [0.05, 0.1) is 17.1 Å². The molecule has 1 fully saturated rings. The molecule has 116 valence electrons. The summed E-state index contributed by atoms with van der Waals surface area (Å²) in [5, 5.41) is 25.7. The number of hydrogen-bond acceptors (Lipinski definition) is 5. The van der Waals surface area contributed by atoms with Gasteiger partial charge in [-0.1, -0.05) is 18.6 Å². The zero-order valence-electron chi connectivity index (χ0n) is 12.1. The minimum atomic E-state index is -0.796. The average Bonchev–Trinajstić information content (AvgIpc) is 3.11. The molecule has 7 nitrogen and oxygen atoms in total. The fourth-order valence-electron chi connectivity index (χ4n) is 3.26. The summed E-state index contributed by atoms with van der Waals surface area (Å²) in [6, 6.07) is 6.57. The average molecular weight is 302 g/mol. The van der Waals surface area contributed by atoms with Gasteiger partial charge in [0.1, 0.15) is 12.7 Å². The largest absolute Gasteiger partial charge is 0.388 e. The van der Waals surface area contributed by atoms with E-state index in [1.165, 1.54) is 18.5 Å². The molecule has 1 N–H and O–H groups in total. The number of non-ortho nitro benzene ring substituents is 1. The minimum Gasteiger partial charge on any atom is -0.388 e. The minimum absolute atomic E-state index is 0.0908. The number of nitro benzene ring substituents is 1. The number of aliphatic hydroxyl groups is 1. The van der Waals surface area contributed by atoms with Crippen molar-refractivity contribution in [2.75, 3.05) is 0 Å². The fourth-order valence-corrected chi connectivity index (χ4v) is 3.26. The molecule has 0 saturated heterocycles. The van der Waals surface area contributed by atoms with Gasteiger partial charge in [0.15, 0.2) is 0 Å². The number of nitrogens with zero attached hydrogens (tertiary/aromatic N) is 4. The lowest BCUT2D eigenvalue weighted by Crippen LogP contribution is -2.39. The van der Waals surface area contributed by atoms with Gasteiger partial charge < -0.3 is 5.11 Å². The van der Waals surface area contributed by atoms with E-state index in [4.69, 9.17) is 0 Å². The van der Waals surface area contributed by atoms with Gasteiger partial charge in [-0.05, 0) is 30.7 Å². The van der Waals surface area contributed by atoms with Gasteiger partial charge in [0.2, 0.25) is 0 Å². The summed E-state index contributed by atoms with van der Waals surface area (Å²) in [6.45, 7) is 0.435. The van der Waals surface area contributed by atoms with Crippen molar-refractivity contribution < 1.29 is 10.0 Å². The molecule has 1 aliphatic rings. The van der Waals surface area contributed by atoms with Crippen molar-refractivity contribution in [2.45, 2.75) is 37.8 Å². The fraction of sp³-hybridized carbons (Fsp3) is 0.467. The van der Waals surface area contributed by atoms with Crippen molar-refractivity contribution >= 4 is 5.69 Å². The van der Waals surface area contributed by atoms with Crippen LogP contribution in [0.3, 0.4) is 0 Å². The van der Waals surface area contributed by atoms with Crippen molar-refractivity contribution in [2.24, 2.45) is 5.92 Å². The molecular formula is C15H18N4O3. The van der Waals surface area contributed by atoms with Crippen LogP contribution in [0, 0.1) is 16.0 Å². The van der Waals surface area contributed by atoms with Gasteiger partial charge in [0.25, 0.3) is 5.69 Å². The monoisotopic (exact) mass is 302 g/mol. The van der Waals surface area contributed by atoms with E-state index in [1.807, 2.05) is 0 Å². The highest BCUT2D eigenvalue weighted by molar-refractivity contribution is 5.33. The highest BCUT2D eigenvalue weighted by Gasteiger charge is 2.41. The van der Waals surface area contributed by atoms with Crippen LogP contribution in [0.2, 0.25) is 0 Å². The van der Waals surface area contributed by atoms with E-state index in [2.05, 4.69) is 10.1 Å². The van der Waals surface area contributed by atoms with Gasteiger partial charge >= 0.3 is 0 Å².